The zero-order chi connectivity index (χ0) is 44.3. The van der Waals surface area contributed by atoms with E-state index in [9.17, 15) is 50.8 Å². The first-order valence-electron chi connectivity index (χ1n) is 22.9. The summed E-state index contributed by atoms with van der Waals surface area (Å²) in [6.45, 7) is 10.5. The molecule has 5 aliphatic heterocycles. The number of carbonyl (C=O) groups is 1. The van der Waals surface area contributed by atoms with Crippen LogP contribution in [-0.2, 0) is 42.7 Å². The van der Waals surface area contributed by atoms with Crippen molar-refractivity contribution in [2.45, 2.75) is 196 Å². The first-order valence-corrected chi connectivity index (χ1v) is 22.9. The van der Waals surface area contributed by atoms with E-state index in [1.54, 1.807) is 0 Å². The van der Waals surface area contributed by atoms with E-state index in [1.807, 2.05) is 0 Å². The minimum absolute atomic E-state index is 0. The van der Waals surface area contributed by atoms with Gasteiger partial charge in [-0.15, -0.1) is 0 Å². The number of aliphatic hydroxyl groups excluding tert-OH is 8. The van der Waals surface area contributed by atoms with E-state index in [1.165, 1.54) is 5.57 Å². The van der Waals surface area contributed by atoms with Gasteiger partial charge in [0.15, 0.2) is 18.9 Å². The number of carboxylic acid groups (broad SMARTS) is 1. The van der Waals surface area contributed by atoms with Gasteiger partial charge in [0.25, 0.3) is 0 Å². The second-order valence-corrected chi connectivity index (χ2v) is 20.8. The minimum atomic E-state index is -2.07. The summed E-state index contributed by atoms with van der Waals surface area (Å²) < 4.78 is 49.5. The Balaban J connectivity index is 0.00000544. The zero-order valence-corrected chi connectivity index (χ0v) is 39.0. The van der Waals surface area contributed by atoms with Crippen LogP contribution < -0.4 is 34.7 Å². The zero-order valence-electron chi connectivity index (χ0n) is 37.0. The molecule has 0 aromatic carbocycles. The molecule has 4 aliphatic carbocycles. The summed E-state index contributed by atoms with van der Waals surface area (Å²) in [7, 11) is 0. The number of epoxide rings is 1. The third-order valence-electron chi connectivity index (χ3n) is 17.1. The number of allylic oxidation sites excluding steroid dienone is 1. The van der Waals surface area contributed by atoms with E-state index in [4.69, 9.17) is 37.9 Å². The summed E-state index contributed by atoms with van der Waals surface area (Å²) in [6.07, 6.45) is -19.0. The van der Waals surface area contributed by atoms with Crippen molar-refractivity contribution < 1.29 is 118 Å². The quantitative estimate of drug-likeness (QED) is 0.0731. The van der Waals surface area contributed by atoms with Crippen LogP contribution >= 0.6 is 0 Å². The third-order valence-corrected chi connectivity index (χ3v) is 17.1. The molecule has 0 aromatic heterocycles. The topological polar surface area (TPSA) is 279 Å². The number of hydrogen-bond acceptors (Lipinski definition) is 18. The molecule has 3 saturated carbocycles. The molecule has 26 atom stereocenters. The van der Waals surface area contributed by atoms with E-state index >= 15 is 0 Å². The van der Waals surface area contributed by atoms with Crippen LogP contribution in [0.2, 0.25) is 0 Å². The molecular formula is C44H67NaO18. The molecule has 0 amide bonds. The van der Waals surface area contributed by atoms with Crippen molar-refractivity contribution in [3.63, 3.8) is 0 Å². The standard InChI is InChI=1S/C44H68O18.Na/c1-16(2)34-35(59-34)17(3)20-6-7-21-19-13-24-23-12-18(8-10-44(23,5)22(19)9-11-43(20,21)4)56-41-38(32(51)31(50)36(60-41)39(53)54)62-42-37(30(49)27(46)25(14-45)57-42)61-40-33(52)29(48)28(47)26(58-40)15-55-24;/h13,16-18,20-38,40-42,45-52H,6-12,14-15H2,1-5H3,(H,53,54);/q;+1/p-1/t17?,18-,20+,21?,22?,23?,24+,25?,26?,27?,28?,29?,30?,31?,32?,33?,34-,35-,36?,37?,38?,40?,41?,42?,43+,44+;/m0./s1. The molecule has 5 saturated heterocycles. The molecule has 0 spiro atoms. The smallest absolute Gasteiger partial charge is 0.547 e. The maximum absolute atomic E-state index is 12.2. The first-order chi connectivity index (χ1) is 29.4. The van der Waals surface area contributed by atoms with Crippen LogP contribution in [0.5, 0.6) is 0 Å². The number of ether oxygens (including phenoxy) is 8. The maximum Gasteiger partial charge on any atom is 1.00 e. The summed E-state index contributed by atoms with van der Waals surface area (Å²) in [5.74, 6) is -0.0665. The Morgan fingerprint density at radius 1 is 0.714 bits per heavy atom. The number of carbonyl (C=O) groups excluding carboxylic acids is 1. The Kier molecular flexibility index (Phi) is 14.4. The molecule has 4 bridgehead atoms. The van der Waals surface area contributed by atoms with Gasteiger partial charge in [0, 0.05) is 0 Å². The molecule has 9 rings (SSSR count). The van der Waals surface area contributed by atoms with Gasteiger partial charge in [0.2, 0.25) is 0 Å². The van der Waals surface area contributed by atoms with Crippen molar-refractivity contribution in [2.75, 3.05) is 13.2 Å². The number of rotatable bonds is 5. The van der Waals surface area contributed by atoms with Crippen LogP contribution in [0.1, 0.15) is 79.6 Å². The molecule has 8 fully saturated rings. The van der Waals surface area contributed by atoms with Gasteiger partial charge in [-0.2, -0.15) is 0 Å². The van der Waals surface area contributed by atoms with Gasteiger partial charge in [0.1, 0.15) is 73.2 Å². The van der Waals surface area contributed by atoms with Crippen LogP contribution in [0.3, 0.4) is 0 Å². The van der Waals surface area contributed by atoms with Crippen LogP contribution in [-0.4, -0.2) is 177 Å². The van der Waals surface area contributed by atoms with Gasteiger partial charge in [-0.05, 0) is 91.3 Å². The van der Waals surface area contributed by atoms with Gasteiger partial charge >= 0.3 is 29.6 Å². The second-order valence-electron chi connectivity index (χ2n) is 20.8. The Bertz CT molecular complexity index is 1670. The molecule has 8 N–H and O–H groups in total. The number of aliphatic hydroxyl groups is 8. The fourth-order valence-electron chi connectivity index (χ4n) is 13.5. The predicted molar refractivity (Wildman–Crippen MR) is 208 cm³/mol. The molecule has 63 heavy (non-hydrogen) atoms. The summed E-state index contributed by atoms with van der Waals surface area (Å²) in [5.41, 5.74) is 1.14. The first kappa shape index (κ1) is 49.0. The largest absolute Gasteiger partial charge is 1.00 e. The van der Waals surface area contributed by atoms with Crippen molar-refractivity contribution in [1.29, 1.82) is 0 Å². The van der Waals surface area contributed by atoms with Gasteiger partial charge < -0.3 is 88.6 Å². The Morgan fingerprint density at radius 3 is 2.03 bits per heavy atom. The average molecular weight is 907 g/mol. The Labute approximate surface area is 389 Å². The normalized spacial score (nSPS) is 54.9. The number of aliphatic carboxylic acids is 1. The summed E-state index contributed by atoms with van der Waals surface area (Å²) in [6, 6.07) is 0. The second kappa shape index (κ2) is 18.5. The van der Waals surface area contributed by atoms with E-state index in [-0.39, 0.29) is 71.0 Å². The van der Waals surface area contributed by atoms with E-state index in [0.29, 0.717) is 42.9 Å². The molecule has 19 unspecified atom stereocenters. The van der Waals surface area contributed by atoms with Crippen molar-refractivity contribution in [1.82, 2.24) is 0 Å². The van der Waals surface area contributed by atoms with Crippen molar-refractivity contribution in [3.05, 3.63) is 11.6 Å². The van der Waals surface area contributed by atoms with Crippen molar-refractivity contribution in [2.24, 2.45) is 46.3 Å². The fourth-order valence-corrected chi connectivity index (χ4v) is 13.5. The summed E-state index contributed by atoms with van der Waals surface area (Å²) >= 11 is 0. The third kappa shape index (κ3) is 8.37. The minimum Gasteiger partial charge on any atom is -0.547 e. The Morgan fingerprint density at radius 2 is 1.37 bits per heavy atom. The van der Waals surface area contributed by atoms with Gasteiger partial charge in [-0.1, -0.05) is 46.3 Å². The molecule has 9 aliphatic rings. The van der Waals surface area contributed by atoms with Gasteiger partial charge in [0.05, 0.1) is 43.6 Å². The van der Waals surface area contributed by atoms with Crippen LogP contribution in [0.15, 0.2) is 11.6 Å². The van der Waals surface area contributed by atoms with Crippen LogP contribution in [0.4, 0.5) is 0 Å². The van der Waals surface area contributed by atoms with Crippen LogP contribution in [0, 0.1) is 46.3 Å². The Hall–Kier alpha value is -0.430. The molecule has 0 radical (unpaired) electrons. The van der Waals surface area contributed by atoms with Crippen molar-refractivity contribution in [3.8, 4) is 0 Å². The predicted octanol–water partition coefficient (Wildman–Crippen LogP) is -4.76. The van der Waals surface area contributed by atoms with Crippen molar-refractivity contribution >= 4 is 5.97 Å². The fraction of sp³-hybridized carbons (Fsp3) is 0.932. The summed E-state index contributed by atoms with van der Waals surface area (Å²) in [5, 5.41) is 100. The molecule has 19 heteroatoms. The summed E-state index contributed by atoms with van der Waals surface area (Å²) in [4.78, 5) is 12.2. The number of carboxylic acids is 1. The number of fused-ring (bicyclic) bond motifs is 9. The maximum atomic E-state index is 12.2. The van der Waals surface area contributed by atoms with E-state index in [2.05, 4.69) is 40.7 Å². The van der Waals surface area contributed by atoms with Crippen LogP contribution in [0.25, 0.3) is 0 Å². The van der Waals surface area contributed by atoms with E-state index < -0.39 is 117 Å². The molecular weight excluding hydrogens is 839 g/mol. The molecule has 0 aromatic rings. The van der Waals surface area contributed by atoms with E-state index in [0.717, 1.165) is 25.7 Å². The molecule has 352 valence electrons. The molecule has 5 heterocycles. The average Bonchev–Trinajstić information content (AvgIpc) is 3.97. The molecule has 18 nitrogen and oxygen atoms in total. The monoisotopic (exact) mass is 906 g/mol. The SMILES string of the molecule is CC(C)[C@@H]1O[C@H]1C(C)[C@H]1CCC2C3=C[C@H]4OCC5OC(OC6C(OC(CO)C(O)C6O)OC6C(OC(C(=O)[O-])C(O)C6O)O[C@H]6CC[C@](C)(C3CC[C@@]21C)C4C6)C(O)C(O)C5O.[Na+]. The van der Waals surface area contributed by atoms with Gasteiger partial charge in [-0.25, -0.2) is 0 Å². The van der Waals surface area contributed by atoms with Gasteiger partial charge in [-0.3, -0.25) is 0 Å². The number of hydrogen-bond donors (Lipinski definition) is 8.